The first-order valence-corrected chi connectivity index (χ1v) is 6.08. The molecule has 0 atom stereocenters. The van der Waals surface area contributed by atoms with Crippen LogP contribution in [0.25, 0.3) is 6.08 Å². The molecule has 0 fully saturated rings. The highest BCUT2D eigenvalue weighted by atomic mass is 35.5. The summed E-state index contributed by atoms with van der Waals surface area (Å²) in [4.78, 5) is 12.0. The molecule has 0 heterocycles. The van der Waals surface area contributed by atoms with Gasteiger partial charge in [-0.3, -0.25) is 4.79 Å². The van der Waals surface area contributed by atoms with E-state index in [9.17, 15) is 4.79 Å². The quantitative estimate of drug-likeness (QED) is 0.582. The first-order valence-electron chi connectivity index (χ1n) is 5.70. The largest absolute Gasteiger partial charge is 0.289 e. The lowest BCUT2D eigenvalue weighted by molar-refractivity contribution is 0.104. The van der Waals surface area contributed by atoms with E-state index in [1.807, 2.05) is 43.3 Å². The number of ketones is 1. The van der Waals surface area contributed by atoms with Crippen LogP contribution in [0.15, 0.2) is 54.6 Å². The number of aryl methyl sites for hydroxylation is 1. The topological polar surface area (TPSA) is 17.1 Å². The minimum absolute atomic E-state index is 0.0152. The molecule has 0 spiro atoms. The second kappa shape index (κ2) is 5.65. The Morgan fingerprint density at radius 2 is 1.83 bits per heavy atom. The highest BCUT2D eigenvalue weighted by molar-refractivity contribution is 6.31. The summed E-state index contributed by atoms with van der Waals surface area (Å²) in [6, 6.07) is 15.0. The SMILES string of the molecule is Cc1cc(C(=O)/C=C/c2ccccc2)ccc1Cl. The Balaban J connectivity index is 2.17. The van der Waals surface area contributed by atoms with Crippen molar-refractivity contribution in [2.45, 2.75) is 6.92 Å². The zero-order valence-electron chi connectivity index (χ0n) is 10.1. The predicted octanol–water partition coefficient (Wildman–Crippen LogP) is 4.54. The summed E-state index contributed by atoms with van der Waals surface area (Å²) in [6.45, 7) is 1.89. The predicted molar refractivity (Wildman–Crippen MR) is 76.0 cm³/mol. The first kappa shape index (κ1) is 12.6. The fourth-order valence-corrected chi connectivity index (χ4v) is 1.75. The van der Waals surface area contributed by atoms with Gasteiger partial charge in [0.25, 0.3) is 0 Å². The van der Waals surface area contributed by atoms with Gasteiger partial charge in [-0.1, -0.05) is 48.0 Å². The third-order valence-corrected chi connectivity index (χ3v) is 3.09. The van der Waals surface area contributed by atoms with E-state index in [-0.39, 0.29) is 5.78 Å². The summed E-state index contributed by atoms with van der Waals surface area (Å²) in [7, 11) is 0. The Morgan fingerprint density at radius 1 is 1.11 bits per heavy atom. The van der Waals surface area contributed by atoms with E-state index < -0.39 is 0 Å². The smallest absolute Gasteiger partial charge is 0.185 e. The Hall–Kier alpha value is -1.86. The van der Waals surface area contributed by atoms with Crippen molar-refractivity contribution in [3.8, 4) is 0 Å². The summed E-state index contributed by atoms with van der Waals surface area (Å²) in [5, 5.41) is 0.679. The molecule has 0 unspecified atom stereocenters. The van der Waals surface area contributed by atoms with Crippen molar-refractivity contribution >= 4 is 23.5 Å². The molecule has 2 rings (SSSR count). The van der Waals surface area contributed by atoms with E-state index >= 15 is 0 Å². The fraction of sp³-hybridized carbons (Fsp3) is 0.0625. The monoisotopic (exact) mass is 256 g/mol. The maximum Gasteiger partial charge on any atom is 0.185 e. The van der Waals surface area contributed by atoms with E-state index in [0.717, 1.165) is 11.1 Å². The van der Waals surface area contributed by atoms with Crippen molar-refractivity contribution in [2.75, 3.05) is 0 Å². The van der Waals surface area contributed by atoms with Crippen LogP contribution in [0.5, 0.6) is 0 Å². The molecule has 0 saturated carbocycles. The standard InChI is InChI=1S/C16H13ClO/c1-12-11-14(8-9-15(12)17)16(18)10-7-13-5-3-2-4-6-13/h2-11H,1H3/b10-7+. The van der Waals surface area contributed by atoms with Crippen LogP contribution in [0.2, 0.25) is 5.02 Å². The molecular formula is C16H13ClO. The zero-order chi connectivity index (χ0) is 13.0. The van der Waals surface area contributed by atoms with Gasteiger partial charge < -0.3 is 0 Å². The van der Waals surface area contributed by atoms with Crippen LogP contribution in [0.1, 0.15) is 21.5 Å². The molecule has 2 heteroatoms. The van der Waals surface area contributed by atoms with E-state index in [0.29, 0.717) is 10.6 Å². The molecule has 2 aromatic carbocycles. The second-order valence-electron chi connectivity index (χ2n) is 4.07. The third kappa shape index (κ3) is 3.08. The molecule has 0 amide bonds. The molecule has 0 saturated heterocycles. The van der Waals surface area contributed by atoms with Gasteiger partial charge in [-0.2, -0.15) is 0 Å². The molecule has 0 aliphatic rings. The number of rotatable bonds is 3. The lowest BCUT2D eigenvalue weighted by Gasteiger charge is -2.00. The molecule has 0 aliphatic heterocycles. The fourth-order valence-electron chi connectivity index (χ4n) is 1.63. The molecule has 0 bridgehead atoms. The number of carbonyl (C=O) groups excluding carboxylic acids is 1. The second-order valence-corrected chi connectivity index (χ2v) is 4.48. The van der Waals surface area contributed by atoms with Crippen molar-refractivity contribution in [1.82, 2.24) is 0 Å². The molecule has 0 aromatic heterocycles. The number of hydrogen-bond donors (Lipinski definition) is 0. The van der Waals surface area contributed by atoms with E-state index in [1.54, 1.807) is 24.3 Å². The van der Waals surface area contributed by atoms with Gasteiger partial charge in [-0.05, 0) is 42.3 Å². The van der Waals surface area contributed by atoms with Crippen LogP contribution in [0.4, 0.5) is 0 Å². The average Bonchev–Trinajstić information content (AvgIpc) is 2.40. The molecule has 0 aliphatic carbocycles. The van der Waals surface area contributed by atoms with Crippen molar-refractivity contribution in [3.05, 3.63) is 76.3 Å². The van der Waals surface area contributed by atoms with Gasteiger partial charge in [0.2, 0.25) is 0 Å². The average molecular weight is 257 g/mol. The van der Waals surface area contributed by atoms with E-state index in [2.05, 4.69) is 0 Å². The van der Waals surface area contributed by atoms with Crippen LogP contribution >= 0.6 is 11.6 Å². The third-order valence-electron chi connectivity index (χ3n) is 2.67. The normalized spacial score (nSPS) is 10.8. The van der Waals surface area contributed by atoms with E-state index in [1.165, 1.54) is 0 Å². The van der Waals surface area contributed by atoms with Crippen LogP contribution in [0, 0.1) is 6.92 Å². The summed E-state index contributed by atoms with van der Waals surface area (Å²) in [5.74, 6) is -0.0152. The van der Waals surface area contributed by atoms with E-state index in [4.69, 9.17) is 11.6 Å². The molecule has 0 N–H and O–H groups in total. The number of halogens is 1. The van der Waals surface area contributed by atoms with Gasteiger partial charge in [0.1, 0.15) is 0 Å². The van der Waals surface area contributed by atoms with Crippen LogP contribution in [-0.2, 0) is 0 Å². The summed E-state index contributed by atoms with van der Waals surface area (Å²) in [6.07, 6.45) is 3.39. The number of hydrogen-bond acceptors (Lipinski definition) is 1. The Labute approximate surface area is 112 Å². The van der Waals surface area contributed by atoms with Crippen molar-refractivity contribution in [2.24, 2.45) is 0 Å². The Morgan fingerprint density at radius 3 is 2.50 bits per heavy atom. The zero-order valence-corrected chi connectivity index (χ0v) is 10.8. The summed E-state index contributed by atoms with van der Waals surface area (Å²) in [5.41, 5.74) is 2.58. The van der Waals surface area contributed by atoms with Gasteiger partial charge >= 0.3 is 0 Å². The van der Waals surface area contributed by atoms with Gasteiger partial charge in [0.15, 0.2) is 5.78 Å². The minimum Gasteiger partial charge on any atom is -0.289 e. The molecular weight excluding hydrogens is 244 g/mol. The maximum absolute atomic E-state index is 12.0. The lowest BCUT2D eigenvalue weighted by Crippen LogP contribution is -1.94. The number of carbonyl (C=O) groups is 1. The molecule has 90 valence electrons. The highest BCUT2D eigenvalue weighted by Gasteiger charge is 2.03. The number of benzene rings is 2. The van der Waals surface area contributed by atoms with Gasteiger partial charge in [0.05, 0.1) is 0 Å². The molecule has 0 radical (unpaired) electrons. The van der Waals surface area contributed by atoms with Crippen molar-refractivity contribution in [3.63, 3.8) is 0 Å². The summed E-state index contributed by atoms with van der Waals surface area (Å²) >= 11 is 5.93. The highest BCUT2D eigenvalue weighted by Crippen LogP contribution is 2.17. The first-order chi connectivity index (χ1) is 8.66. The molecule has 18 heavy (non-hydrogen) atoms. The van der Waals surface area contributed by atoms with Gasteiger partial charge in [-0.25, -0.2) is 0 Å². The lowest BCUT2D eigenvalue weighted by atomic mass is 10.1. The van der Waals surface area contributed by atoms with Crippen molar-refractivity contribution in [1.29, 1.82) is 0 Å². The molecule has 2 aromatic rings. The summed E-state index contributed by atoms with van der Waals surface area (Å²) < 4.78 is 0. The number of allylic oxidation sites excluding steroid dienone is 1. The Kier molecular flexibility index (Phi) is 3.96. The molecule has 1 nitrogen and oxygen atoms in total. The van der Waals surface area contributed by atoms with Crippen LogP contribution in [-0.4, -0.2) is 5.78 Å². The Bertz CT molecular complexity index is 585. The minimum atomic E-state index is -0.0152. The van der Waals surface area contributed by atoms with Gasteiger partial charge in [-0.15, -0.1) is 0 Å². The van der Waals surface area contributed by atoms with Crippen molar-refractivity contribution < 1.29 is 4.79 Å². The van der Waals surface area contributed by atoms with Crippen LogP contribution < -0.4 is 0 Å². The maximum atomic E-state index is 12.0. The van der Waals surface area contributed by atoms with Gasteiger partial charge in [0, 0.05) is 10.6 Å². The van der Waals surface area contributed by atoms with Crippen LogP contribution in [0.3, 0.4) is 0 Å².